The molecule has 0 aliphatic heterocycles. The van der Waals surface area contributed by atoms with Gasteiger partial charge >= 0.3 is 0 Å². The molecule has 72 valence electrons. The zero-order chi connectivity index (χ0) is 9.68. The van der Waals surface area contributed by atoms with Gasteiger partial charge in [0.2, 0.25) is 0 Å². The number of ether oxygens (including phenoxy) is 1. The molecule has 1 aromatic heterocycles. The highest BCUT2D eigenvalue weighted by Gasteiger charge is 1.99. The van der Waals surface area contributed by atoms with Crippen molar-refractivity contribution >= 4 is 27.7 Å². The molecule has 0 saturated carbocycles. The Labute approximate surface area is 90.4 Å². The Bertz CT molecular complexity index is 263. The number of halogens is 1. The van der Waals surface area contributed by atoms with Crippen molar-refractivity contribution in [3.05, 3.63) is 16.5 Å². The van der Waals surface area contributed by atoms with Crippen LogP contribution in [-0.2, 0) is 4.74 Å². The summed E-state index contributed by atoms with van der Waals surface area (Å²) in [6.07, 6.45) is 0. The molecule has 0 aliphatic rings. The van der Waals surface area contributed by atoms with E-state index in [1.165, 1.54) is 0 Å². The molecule has 13 heavy (non-hydrogen) atoms. The summed E-state index contributed by atoms with van der Waals surface area (Å²) in [6.45, 7) is 2.62. The van der Waals surface area contributed by atoms with E-state index in [0.29, 0.717) is 0 Å². The van der Waals surface area contributed by atoms with E-state index in [1.54, 1.807) is 18.9 Å². The highest BCUT2D eigenvalue weighted by molar-refractivity contribution is 9.10. The van der Waals surface area contributed by atoms with Gasteiger partial charge < -0.3 is 4.74 Å². The van der Waals surface area contributed by atoms with E-state index in [1.807, 2.05) is 13.0 Å². The number of hydrogen-bond donors (Lipinski definition) is 0. The highest BCUT2D eigenvalue weighted by Crippen LogP contribution is 2.18. The van der Waals surface area contributed by atoms with E-state index >= 15 is 0 Å². The van der Waals surface area contributed by atoms with Crippen molar-refractivity contribution in [2.45, 2.75) is 11.9 Å². The number of thioether (sulfide) groups is 1. The number of methoxy groups -OCH3 is 1. The topological polar surface area (TPSA) is 35.0 Å². The SMILES string of the molecule is COCCSc1cc(Br)nc(C)n1. The van der Waals surface area contributed by atoms with Crippen molar-refractivity contribution in [3.63, 3.8) is 0 Å². The Balaban J connectivity index is 2.56. The standard InChI is InChI=1S/C8H11BrN2OS/c1-6-10-7(9)5-8(11-6)13-4-3-12-2/h5H,3-4H2,1-2H3. The predicted molar refractivity (Wildman–Crippen MR) is 57.1 cm³/mol. The molecule has 5 heteroatoms. The zero-order valence-corrected chi connectivity index (χ0v) is 9.98. The molecule has 0 fully saturated rings. The van der Waals surface area contributed by atoms with Crippen LogP contribution in [-0.4, -0.2) is 29.4 Å². The van der Waals surface area contributed by atoms with E-state index < -0.39 is 0 Å². The first-order valence-corrected chi connectivity index (χ1v) is 5.63. The maximum atomic E-state index is 4.95. The third kappa shape index (κ3) is 4.06. The van der Waals surface area contributed by atoms with Crippen LogP contribution in [0.4, 0.5) is 0 Å². The molecule has 0 aromatic carbocycles. The van der Waals surface area contributed by atoms with E-state index in [-0.39, 0.29) is 0 Å². The molecule has 1 rings (SSSR count). The molecule has 1 heterocycles. The van der Waals surface area contributed by atoms with Gasteiger partial charge in [-0.2, -0.15) is 0 Å². The van der Waals surface area contributed by atoms with Crippen LogP contribution < -0.4 is 0 Å². The Morgan fingerprint density at radius 3 is 2.92 bits per heavy atom. The Morgan fingerprint density at radius 1 is 1.54 bits per heavy atom. The summed E-state index contributed by atoms with van der Waals surface area (Å²) in [5.74, 6) is 1.70. The quantitative estimate of drug-likeness (QED) is 0.474. The maximum Gasteiger partial charge on any atom is 0.127 e. The molecule has 0 saturated heterocycles. The van der Waals surface area contributed by atoms with Crippen molar-refractivity contribution in [2.24, 2.45) is 0 Å². The lowest BCUT2D eigenvalue weighted by Gasteiger charge is -2.01. The monoisotopic (exact) mass is 262 g/mol. The molecule has 3 nitrogen and oxygen atoms in total. The van der Waals surface area contributed by atoms with Crippen LogP contribution in [0.5, 0.6) is 0 Å². The summed E-state index contributed by atoms with van der Waals surface area (Å²) < 4.78 is 5.78. The zero-order valence-electron chi connectivity index (χ0n) is 7.58. The van der Waals surface area contributed by atoms with Crippen LogP contribution in [0.1, 0.15) is 5.82 Å². The summed E-state index contributed by atoms with van der Waals surface area (Å²) in [5, 5.41) is 0.983. The normalized spacial score (nSPS) is 10.4. The fourth-order valence-electron chi connectivity index (χ4n) is 0.809. The minimum atomic E-state index is 0.741. The van der Waals surface area contributed by atoms with Gasteiger partial charge in [-0.3, -0.25) is 0 Å². The van der Waals surface area contributed by atoms with Gasteiger partial charge in [-0.25, -0.2) is 9.97 Å². The van der Waals surface area contributed by atoms with Gasteiger partial charge in [0.1, 0.15) is 15.5 Å². The molecular formula is C8H11BrN2OS. The van der Waals surface area contributed by atoms with Crippen molar-refractivity contribution in [2.75, 3.05) is 19.5 Å². The van der Waals surface area contributed by atoms with E-state index in [0.717, 1.165) is 27.8 Å². The molecule has 1 aromatic rings. The summed E-state index contributed by atoms with van der Waals surface area (Å²) in [7, 11) is 1.70. The van der Waals surface area contributed by atoms with Crippen LogP contribution in [0.25, 0.3) is 0 Å². The Morgan fingerprint density at radius 2 is 2.31 bits per heavy atom. The van der Waals surface area contributed by atoms with E-state index in [9.17, 15) is 0 Å². The third-order valence-corrected chi connectivity index (χ3v) is 2.60. The van der Waals surface area contributed by atoms with E-state index in [4.69, 9.17) is 4.74 Å². The summed E-state index contributed by atoms with van der Waals surface area (Å²) >= 11 is 4.99. The lowest BCUT2D eigenvalue weighted by atomic mass is 10.6. The van der Waals surface area contributed by atoms with Gasteiger partial charge in [0.25, 0.3) is 0 Å². The van der Waals surface area contributed by atoms with Gasteiger partial charge in [-0.15, -0.1) is 11.8 Å². The van der Waals surface area contributed by atoms with Gasteiger partial charge in [-0.05, 0) is 22.9 Å². The second-order valence-electron chi connectivity index (χ2n) is 2.42. The first-order valence-electron chi connectivity index (χ1n) is 3.85. The average molecular weight is 263 g/mol. The third-order valence-electron chi connectivity index (χ3n) is 1.32. The van der Waals surface area contributed by atoms with Crippen LogP contribution >= 0.6 is 27.7 Å². The highest BCUT2D eigenvalue weighted by atomic mass is 79.9. The van der Waals surface area contributed by atoms with Gasteiger partial charge in [0, 0.05) is 18.9 Å². The largest absolute Gasteiger partial charge is 0.384 e. The average Bonchev–Trinajstić information content (AvgIpc) is 2.03. The second-order valence-corrected chi connectivity index (χ2v) is 4.35. The lowest BCUT2D eigenvalue weighted by Crippen LogP contribution is -1.94. The molecule has 0 amide bonds. The molecule has 0 atom stereocenters. The minimum absolute atomic E-state index is 0.741. The van der Waals surface area contributed by atoms with Crippen LogP contribution in [0.2, 0.25) is 0 Å². The van der Waals surface area contributed by atoms with Crippen molar-refractivity contribution in [1.29, 1.82) is 0 Å². The molecule has 0 spiro atoms. The van der Waals surface area contributed by atoms with Crippen molar-refractivity contribution < 1.29 is 4.74 Å². The van der Waals surface area contributed by atoms with Crippen LogP contribution in [0.15, 0.2) is 15.7 Å². The second kappa shape index (κ2) is 5.57. The summed E-state index contributed by atoms with van der Waals surface area (Å²) in [4.78, 5) is 8.40. The Hall–Kier alpha value is -0.130. The van der Waals surface area contributed by atoms with Gasteiger partial charge in [0.05, 0.1) is 6.61 Å². The Kier molecular flexibility index (Phi) is 4.69. The van der Waals surface area contributed by atoms with Gasteiger partial charge in [-0.1, -0.05) is 0 Å². The molecule has 0 bridgehead atoms. The van der Waals surface area contributed by atoms with Crippen molar-refractivity contribution in [1.82, 2.24) is 9.97 Å². The minimum Gasteiger partial charge on any atom is -0.384 e. The number of rotatable bonds is 4. The van der Waals surface area contributed by atoms with Crippen molar-refractivity contribution in [3.8, 4) is 0 Å². The first kappa shape index (κ1) is 10.9. The number of aryl methyl sites for hydroxylation is 1. The number of nitrogens with zero attached hydrogens (tertiary/aromatic N) is 2. The summed E-state index contributed by atoms with van der Waals surface area (Å²) in [5.41, 5.74) is 0. The summed E-state index contributed by atoms with van der Waals surface area (Å²) in [6, 6.07) is 1.91. The predicted octanol–water partition coefficient (Wildman–Crippen LogP) is 2.29. The molecular weight excluding hydrogens is 252 g/mol. The fraction of sp³-hybridized carbons (Fsp3) is 0.500. The fourth-order valence-corrected chi connectivity index (χ4v) is 2.28. The van der Waals surface area contributed by atoms with Crippen LogP contribution in [0, 0.1) is 6.92 Å². The molecule has 0 unspecified atom stereocenters. The smallest absolute Gasteiger partial charge is 0.127 e. The lowest BCUT2D eigenvalue weighted by molar-refractivity contribution is 0.218. The molecule has 0 N–H and O–H groups in total. The van der Waals surface area contributed by atoms with Gasteiger partial charge in [0.15, 0.2) is 0 Å². The number of aromatic nitrogens is 2. The number of hydrogen-bond acceptors (Lipinski definition) is 4. The van der Waals surface area contributed by atoms with E-state index in [2.05, 4.69) is 25.9 Å². The maximum absolute atomic E-state index is 4.95. The molecule has 0 radical (unpaired) electrons. The van der Waals surface area contributed by atoms with Crippen LogP contribution in [0.3, 0.4) is 0 Å². The first-order chi connectivity index (χ1) is 6.22. The molecule has 0 aliphatic carbocycles.